The number of hydrogen-bond donors (Lipinski definition) is 1. The van der Waals surface area contributed by atoms with Crippen molar-refractivity contribution in [3.63, 3.8) is 0 Å². The van der Waals surface area contributed by atoms with Crippen molar-refractivity contribution in [2.45, 2.75) is 18.2 Å². The highest BCUT2D eigenvalue weighted by Crippen LogP contribution is 2.21. The normalized spacial score (nSPS) is 15.3. The van der Waals surface area contributed by atoms with Crippen molar-refractivity contribution in [1.29, 1.82) is 0 Å². The molecular weight excluding hydrogens is 329 g/mol. The van der Waals surface area contributed by atoms with Crippen molar-refractivity contribution in [3.8, 4) is 0 Å². The smallest absolute Gasteiger partial charge is 0.234 e. The van der Waals surface area contributed by atoms with Crippen molar-refractivity contribution in [1.82, 2.24) is 15.1 Å². The second kappa shape index (κ2) is 9.64. The minimum Gasteiger partial charge on any atom is -0.355 e. The minimum atomic E-state index is -0.293. The maximum atomic E-state index is 13.6. The Kier molecular flexibility index (Phi) is 7.52. The highest BCUT2D eigenvalue weighted by molar-refractivity contribution is 8.00. The molecule has 0 unspecified atom stereocenters. The average Bonchev–Trinajstić information content (AvgIpc) is 2.59. The van der Waals surface area contributed by atoms with Crippen LogP contribution in [0.1, 0.15) is 13.3 Å². The monoisotopic (exact) mass is 353 g/mol. The van der Waals surface area contributed by atoms with Crippen LogP contribution in [-0.4, -0.2) is 66.6 Å². The lowest BCUT2D eigenvalue weighted by Gasteiger charge is -2.34. The van der Waals surface area contributed by atoms with E-state index in [1.807, 2.05) is 6.92 Å². The van der Waals surface area contributed by atoms with Gasteiger partial charge in [0, 0.05) is 37.6 Å². The first-order valence-corrected chi connectivity index (χ1v) is 9.23. The van der Waals surface area contributed by atoms with E-state index < -0.39 is 0 Å². The standard InChI is InChI=1S/C17H24FN3O2S/c1-2-7-19-16(22)12-20-8-10-21(11-9-20)17(23)13-24-15-6-4-3-5-14(15)18/h3-6H,2,7-13H2,1H3,(H,19,22). The van der Waals surface area contributed by atoms with Gasteiger partial charge < -0.3 is 10.2 Å². The third-order valence-corrected chi connectivity index (χ3v) is 4.89. The lowest BCUT2D eigenvalue weighted by Crippen LogP contribution is -2.51. The molecule has 1 aromatic carbocycles. The van der Waals surface area contributed by atoms with Crippen molar-refractivity contribution in [2.24, 2.45) is 0 Å². The third kappa shape index (κ3) is 5.79. The minimum absolute atomic E-state index is 0.0123. The summed E-state index contributed by atoms with van der Waals surface area (Å²) in [6, 6.07) is 6.48. The van der Waals surface area contributed by atoms with Gasteiger partial charge in [-0.3, -0.25) is 14.5 Å². The first kappa shape index (κ1) is 18.7. The Labute approximate surface area is 146 Å². The average molecular weight is 353 g/mol. The van der Waals surface area contributed by atoms with Crippen LogP contribution in [-0.2, 0) is 9.59 Å². The van der Waals surface area contributed by atoms with Gasteiger partial charge in [-0.05, 0) is 18.6 Å². The highest BCUT2D eigenvalue weighted by Gasteiger charge is 2.22. The highest BCUT2D eigenvalue weighted by atomic mass is 32.2. The van der Waals surface area contributed by atoms with E-state index in [0.29, 0.717) is 44.2 Å². The molecule has 1 saturated heterocycles. The molecule has 0 saturated carbocycles. The molecule has 1 heterocycles. The molecule has 0 aromatic heterocycles. The van der Waals surface area contributed by atoms with Crippen LogP contribution in [0.15, 0.2) is 29.2 Å². The number of carbonyl (C=O) groups is 2. The summed E-state index contributed by atoms with van der Waals surface area (Å²) in [5, 5.41) is 2.86. The van der Waals surface area contributed by atoms with E-state index >= 15 is 0 Å². The summed E-state index contributed by atoms with van der Waals surface area (Å²) < 4.78 is 13.6. The molecule has 0 radical (unpaired) electrons. The lowest BCUT2D eigenvalue weighted by molar-refractivity contribution is -0.130. The fraction of sp³-hybridized carbons (Fsp3) is 0.529. The Morgan fingerprint density at radius 3 is 2.58 bits per heavy atom. The topological polar surface area (TPSA) is 52.7 Å². The molecule has 24 heavy (non-hydrogen) atoms. The Bertz CT molecular complexity index is 563. The molecule has 1 fully saturated rings. The van der Waals surface area contributed by atoms with Crippen LogP contribution in [0.4, 0.5) is 4.39 Å². The number of halogens is 1. The summed E-state index contributed by atoms with van der Waals surface area (Å²) in [6.45, 7) is 5.70. The molecule has 2 amide bonds. The van der Waals surface area contributed by atoms with Gasteiger partial charge in [0.15, 0.2) is 0 Å². The van der Waals surface area contributed by atoms with Crippen LogP contribution in [0.3, 0.4) is 0 Å². The zero-order valence-corrected chi connectivity index (χ0v) is 14.8. The molecule has 0 aliphatic carbocycles. The molecule has 132 valence electrons. The summed E-state index contributed by atoms with van der Waals surface area (Å²) in [7, 11) is 0. The SMILES string of the molecule is CCCNC(=O)CN1CCN(C(=O)CSc2ccccc2F)CC1. The zero-order valence-electron chi connectivity index (χ0n) is 14.0. The van der Waals surface area contributed by atoms with Crippen LogP contribution in [0.5, 0.6) is 0 Å². The molecule has 0 bridgehead atoms. The van der Waals surface area contributed by atoms with Crippen molar-refractivity contribution in [3.05, 3.63) is 30.1 Å². The number of benzene rings is 1. The third-order valence-electron chi connectivity index (χ3n) is 3.85. The van der Waals surface area contributed by atoms with Gasteiger partial charge in [0.2, 0.25) is 11.8 Å². The van der Waals surface area contributed by atoms with Crippen molar-refractivity contribution < 1.29 is 14.0 Å². The summed E-state index contributed by atoms with van der Waals surface area (Å²) in [5.74, 6) is -0.0129. The van der Waals surface area contributed by atoms with Crippen LogP contribution in [0.25, 0.3) is 0 Å². The number of amides is 2. The fourth-order valence-electron chi connectivity index (χ4n) is 2.47. The quantitative estimate of drug-likeness (QED) is 0.757. The number of piperazine rings is 1. The molecule has 1 aliphatic rings. The fourth-order valence-corrected chi connectivity index (χ4v) is 3.31. The van der Waals surface area contributed by atoms with Crippen LogP contribution >= 0.6 is 11.8 Å². The van der Waals surface area contributed by atoms with Gasteiger partial charge in [-0.1, -0.05) is 19.1 Å². The first-order chi connectivity index (χ1) is 11.6. The molecule has 1 N–H and O–H groups in total. The first-order valence-electron chi connectivity index (χ1n) is 8.24. The van der Waals surface area contributed by atoms with Gasteiger partial charge in [0.1, 0.15) is 5.82 Å². The van der Waals surface area contributed by atoms with Gasteiger partial charge in [0.25, 0.3) is 0 Å². The largest absolute Gasteiger partial charge is 0.355 e. The molecule has 2 rings (SSSR count). The second-order valence-electron chi connectivity index (χ2n) is 5.73. The number of hydrogen-bond acceptors (Lipinski definition) is 4. The number of rotatable bonds is 7. The maximum Gasteiger partial charge on any atom is 0.234 e. The Balaban J connectivity index is 1.71. The molecule has 1 aromatic rings. The molecule has 7 heteroatoms. The summed E-state index contributed by atoms with van der Waals surface area (Å²) in [4.78, 5) is 28.3. The van der Waals surface area contributed by atoms with Crippen LogP contribution < -0.4 is 5.32 Å². The Morgan fingerprint density at radius 1 is 1.21 bits per heavy atom. The maximum absolute atomic E-state index is 13.6. The number of thioether (sulfide) groups is 1. The van der Waals surface area contributed by atoms with Gasteiger partial charge in [-0.2, -0.15) is 0 Å². The van der Waals surface area contributed by atoms with Gasteiger partial charge in [-0.15, -0.1) is 11.8 Å². The van der Waals surface area contributed by atoms with E-state index in [4.69, 9.17) is 0 Å². The molecule has 0 spiro atoms. The summed E-state index contributed by atoms with van der Waals surface area (Å²) >= 11 is 1.23. The van der Waals surface area contributed by atoms with Gasteiger partial charge >= 0.3 is 0 Å². The molecular formula is C17H24FN3O2S. The van der Waals surface area contributed by atoms with Crippen LogP contribution in [0.2, 0.25) is 0 Å². The second-order valence-corrected chi connectivity index (χ2v) is 6.74. The number of carbonyl (C=O) groups excluding carboxylic acids is 2. The predicted molar refractivity (Wildman–Crippen MR) is 93.4 cm³/mol. The summed E-state index contributed by atoms with van der Waals surface area (Å²) in [6.07, 6.45) is 0.924. The molecule has 5 nitrogen and oxygen atoms in total. The van der Waals surface area contributed by atoms with Gasteiger partial charge in [-0.25, -0.2) is 4.39 Å². The van der Waals surface area contributed by atoms with Crippen molar-refractivity contribution in [2.75, 3.05) is 45.0 Å². The zero-order chi connectivity index (χ0) is 17.4. The summed E-state index contributed by atoms with van der Waals surface area (Å²) in [5.41, 5.74) is 0. The van der Waals surface area contributed by atoms with E-state index in [1.165, 1.54) is 17.8 Å². The lowest BCUT2D eigenvalue weighted by atomic mass is 10.3. The van der Waals surface area contributed by atoms with E-state index in [9.17, 15) is 14.0 Å². The predicted octanol–water partition coefficient (Wildman–Crippen LogP) is 1.59. The number of nitrogens with zero attached hydrogens (tertiary/aromatic N) is 2. The van der Waals surface area contributed by atoms with E-state index in [2.05, 4.69) is 10.2 Å². The van der Waals surface area contributed by atoms with E-state index in [1.54, 1.807) is 23.1 Å². The number of nitrogens with one attached hydrogen (secondary N) is 1. The Hall–Kier alpha value is -1.60. The molecule has 1 aliphatic heterocycles. The van der Waals surface area contributed by atoms with Crippen LogP contribution in [0, 0.1) is 5.82 Å². The van der Waals surface area contributed by atoms with E-state index in [0.717, 1.165) is 6.42 Å². The molecule has 0 atom stereocenters. The van der Waals surface area contributed by atoms with E-state index in [-0.39, 0.29) is 23.4 Å². The Morgan fingerprint density at radius 2 is 1.92 bits per heavy atom. The van der Waals surface area contributed by atoms with Crippen molar-refractivity contribution >= 4 is 23.6 Å². The van der Waals surface area contributed by atoms with Gasteiger partial charge in [0.05, 0.1) is 12.3 Å².